The molecule has 0 amide bonds. The molecular weight excluding hydrogens is 116 g/mol. The number of hydrogen-bond donors (Lipinski definition) is 1. The van der Waals surface area contributed by atoms with Gasteiger partial charge in [0.05, 0.1) is 12.7 Å². The molecule has 1 rings (SSSR count). The third-order valence-electron chi connectivity index (χ3n) is 1.66. The fourth-order valence-corrected chi connectivity index (χ4v) is 0.929. The smallest absolute Gasteiger partial charge is 0.0688 e. The molecule has 2 atom stereocenters. The lowest BCUT2D eigenvalue weighted by Crippen LogP contribution is -2.50. The van der Waals surface area contributed by atoms with Gasteiger partial charge in [-0.1, -0.05) is 0 Å². The van der Waals surface area contributed by atoms with Crippen molar-refractivity contribution >= 4 is 0 Å². The number of nitrogens with two attached hydrogens (primary N) is 1. The Hall–Kier alpha value is -0.120. The zero-order valence-corrected chi connectivity index (χ0v) is 6.00. The highest BCUT2D eigenvalue weighted by Crippen LogP contribution is 2.05. The number of rotatable bonds is 0. The topological polar surface area (TPSA) is 38.5 Å². The molecule has 54 valence electrons. The molecule has 0 aliphatic carbocycles. The third kappa shape index (κ3) is 1.64. The molecule has 0 aromatic heterocycles. The molecule has 2 N–H and O–H groups in total. The van der Waals surface area contributed by atoms with Crippen molar-refractivity contribution in [2.45, 2.75) is 26.0 Å². The van der Waals surface area contributed by atoms with Gasteiger partial charge in [0, 0.05) is 12.6 Å². The van der Waals surface area contributed by atoms with Gasteiger partial charge in [-0.05, 0) is 13.8 Å². The van der Waals surface area contributed by atoms with Crippen LogP contribution in [0, 0.1) is 0 Å². The molecule has 2 unspecified atom stereocenters. The van der Waals surface area contributed by atoms with Gasteiger partial charge in [0.25, 0.3) is 0 Å². The Morgan fingerprint density at radius 3 is 2.67 bits per heavy atom. The summed E-state index contributed by atoms with van der Waals surface area (Å²) in [6.45, 7) is 5.70. The second kappa shape index (κ2) is 2.64. The van der Waals surface area contributed by atoms with E-state index >= 15 is 0 Å². The Morgan fingerprint density at radius 2 is 2.22 bits per heavy atom. The summed E-state index contributed by atoms with van der Waals surface area (Å²) in [4.78, 5) is 0. The van der Waals surface area contributed by atoms with Crippen molar-refractivity contribution in [2.75, 3.05) is 13.2 Å². The second-order valence-electron chi connectivity index (χ2n) is 2.69. The summed E-state index contributed by atoms with van der Waals surface area (Å²) in [7, 11) is 0. The van der Waals surface area contributed by atoms with Gasteiger partial charge < -0.3 is 4.74 Å². The average molecular weight is 130 g/mol. The molecule has 1 aliphatic rings. The van der Waals surface area contributed by atoms with Gasteiger partial charge in [0.1, 0.15) is 0 Å². The number of ether oxygens (including phenoxy) is 1. The molecule has 1 aliphatic heterocycles. The largest absolute Gasteiger partial charge is 0.375 e. The van der Waals surface area contributed by atoms with Gasteiger partial charge in [-0.2, -0.15) is 0 Å². The van der Waals surface area contributed by atoms with Crippen LogP contribution in [0.25, 0.3) is 0 Å². The molecule has 0 aromatic carbocycles. The molecular formula is C6H14N2O. The van der Waals surface area contributed by atoms with E-state index in [1.807, 2.05) is 11.9 Å². The summed E-state index contributed by atoms with van der Waals surface area (Å²) in [6.07, 6.45) is 0.297. The lowest BCUT2D eigenvalue weighted by Gasteiger charge is -2.32. The minimum atomic E-state index is 0.297. The second-order valence-corrected chi connectivity index (χ2v) is 2.69. The Kier molecular flexibility index (Phi) is 2.05. The predicted molar refractivity (Wildman–Crippen MR) is 35.8 cm³/mol. The maximum absolute atomic E-state index is 5.62. The Balaban J connectivity index is 2.35. The van der Waals surface area contributed by atoms with Crippen molar-refractivity contribution in [1.29, 1.82) is 0 Å². The van der Waals surface area contributed by atoms with Crippen molar-refractivity contribution in [1.82, 2.24) is 5.01 Å². The highest BCUT2D eigenvalue weighted by Gasteiger charge is 2.19. The summed E-state index contributed by atoms with van der Waals surface area (Å²) in [5.41, 5.74) is 0. The van der Waals surface area contributed by atoms with E-state index in [1.165, 1.54) is 0 Å². The molecule has 0 aromatic rings. The van der Waals surface area contributed by atoms with E-state index in [2.05, 4.69) is 6.92 Å². The number of hydrazine groups is 1. The van der Waals surface area contributed by atoms with Crippen LogP contribution in [0.2, 0.25) is 0 Å². The van der Waals surface area contributed by atoms with Gasteiger partial charge >= 0.3 is 0 Å². The SMILES string of the molecule is CC1CN(N)C(C)CO1. The lowest BCUT2D eigenvalue weighted by atomic mass is 10.2. The Morgan fingerprint density at radius 1 is 1.56 bits per heavy atom. The molecule has 0 spiro atoms. The molecule has 1 saturated heterocycles. The first-order valence-electron chi connectivity index (χ1n) is 3.33. The molecule has 3 nitrogen and oxygen atoms in total. The fourth-order valence-electron chi connectivity index (χ4n) is 0.929. The molecule has 0 radical (unpaired) electrons. The number of morpholine rings is 1. The summed E-state index contributed by atoms with van der Waals surface area (Å²) >= 11 is 0. The zero-order valence-electron chi connectivity index (χ0n) is 6.00. The van der Waals surface area contributed by atoms with E-state index in [-0.39, 0.29) is 0 Å². The summed E-state index contributed by atoms with van der Waals surface area (Å²) < 4.78 is 5.34. The van der Waals surface area contributed by atoms with Crippen LogP contribution in [0.4, 0.5) is 0 Å². The van der Waals surface area contributed by atoms with Crippen LogP contribution in [0.15, 0.2) is 0 Å². The average Bonchev–Trinajstić information content (AvgIpc) is 1.80. The summed E-state index contributed by atoms with van der Waals surface area (Å²) in [5, 5.41) is 1.83. The van der Waals surface area contributed by atoms with Crippen molar-refractivity contribution in [2.24, 2.45) is 5.84 Å². The molecule has 3 heteroatoms. The summed E-state index contributed by atoms with van der Waals surface area (Å²) in [6, 6.07) is 0.376. The molecule has 1 heterocycles. The molecule has 9 heavy (non-hydrogen) atoms. The van der Waals surface area contributed by atoms with E-state index < -0.39 is 0 Å². The van der Waals surface area contributed by atoms with Crippen LogP contribution in [0.3, 0.4) is 0 Å². The van der Waals surface area contributed by atoms with E-state index in [4.69, 9.17) is 10.6 Å². The van der Waals surface area contributed by atoms with E-state index in [0.29, 0.717) is 12.1 Å². The first-order chi connectivity index (χ1) is 4.20. The maximum Gasteiger partial charge on any atom is 0.0688 e. The predicted octanol–water partition coefficient (Wildman–Crippen LogP) is -0.0307. The van der Waals surface area contributed by atoms with E-state index in [9.17, 15) is 0 Å². The Bertz CT molecular complexity index is 97.1. The monoisotopic (exact) mass is 130 g/mol. The standard InChI is InChI=1S/C6H14N2O/c1-5-4-9-6(2)3-8(5)7/h5-6H,3-4,7H2,1-2H3. The number of hydrogen-bond acceptors (Lipinski definition) is 3. The van der Waals surface area contributed by atoms with Crippen molar-refractivity contribution in [3.05, 3.63) is 0 Å². The molecule has 0 saturated carbocycles. The third-order valence-corrected chi connectivity index (χ3v) is 1.66. The quantitative estimate of drug-likeness (QED) is 0.468. The minimum Gasteiger partial charge on any atom is -0.375 e. The molecule has 0 bridgehead atoms. The van der Waals surface area contributed by atoms with Crippen LogP contribution in [0.1, 0.15) is 13.8 Å². The fraction of sp³-hybridized carbons (Fsp3) is 1.00. The minimum absolute atomic E-state index is 0.297. The van der Waals surface area contributed by atoms with E-state index in [0.717, 1.165) is 13.2 Å². The van der Waals surface area contributed by atoms with Gasteiger partial charge in [-0.25, -0.2) is 5.01 Å². The Labute approximate surface area is 55.7 Å². The van der Waals surface area contributed by atoms with Crippen molar-refractivity contribution in [3.63, 3.8) is 0 Å². The van der Waals surface area contributed by atoms with Crippen LogP contribution >= 0.6 is 0 Å². The van der Waals surface area contributed by atoms with E-state index in [1.54, 1.807) is 0 Å². The van der Waals surface area contributed by atoms with Crippen LogP contribution < -0.4 is 5.84 Å². The first-order valence-corrected chi connectivity index (χ1v) is 3.33. The maximum atomic E-state index is 5.62. The van der Waals surface area contributed by atoms with Crippen LogP contribution in [-0.2, 0) is 4.74 Å². The number of nitrogens with zero attached hydrogens (tertiary/aromatic N) is 1. The normalized spacial score (nSPS) is 39.0. The first kappa shape index (κ1) is 6.99. The lowest BCUT2D eigenvalue weighted by molar-refractivity contribution is -0.0498. The van der Waals surface area contributed by atoms with Crippen LogP contribution in [0.5, 0.6) is 0 Å². The van der Waals surface area contributed by atoms with Gasteiger partial charge in [0.15, 0.2) is 0 Å². The highest BCUT2D eigenvalue weighted by atomic mass is 16.5. The summed E-state index contributed by atoms with van der Waals surface area (Å²) in [5.74, 6) is 5.62. The van der Waals surface area contributed by atoms with Crippen LogP contribution in [-0.4, -0.2) is 30.3 Å². The highest BCUT2D eigenvalue weighted by molar-refractivity contribution is 4.69. The van der Waals surface area contributed by atoms with Gasteiger partial charge in [0.2, 0.25) is 0 Å². The van der Waals surface area contributed by atoms with Crippen molar-refractivity contribution < 1.29 is 4.74 Å². The zero-order chi connectivity index (χ0) is 6.85. The van der Waals surface area contributed by atoms with Gasteiger partial charge in [-0.3, -0.25) is 5.84 Å². The molecule has 1 fully saturated rings. The van der Waals surface area contributed by atoms with Gasteiger partial charge in [-0.15, -0.1) is 0 Å². The van der Waals surface area contributed by atoms with Crippen molar-refractivity contribution in [3.8, 4) is 0 Å².